The van der Waals surface area contributed by atoms with E-state index in [9.17, 15) is 13.2 Å². The standard InChI is InChI=1S/C27H35F3N2/c1-8-20-12-10-13-21(9-2)25(20)31-19(7)16-24(27(28,29)30)32-26-22(17(3)4)14-11-15-23(26)18(5)6/h10-18,31H,8-9H2,1-7H3/b19-16-,32-24?. The average molecular weight is 445 g/mol. The van der Waals surface area contributed by atoms with Gasteiger partial charge < -0.3 is 5.32 Å². The highest BCUT2D eigenvalue weighted by molar-refractivity contribution is 6.02. The summed E-state index contributed by atoms with van der Waals surface area (Å²) in [5.74, 6) is 0.127. The van der Waals surface area contributed by atoms with Gasteiger partial charge in [0.25, 0.3) is 0 Å². The number of nitrogens with one attached hydrogen (secondary N) is 1. The first-order chi connectivity index (χ1) is 15.0. The molecule has 0 unspecified atom stereocenters. The molecule has 0 saturated carbocycles. The van der Waals surface area contributed by atoms with Crippen molar-refractivity contribution in [3.63, 3.8) is 0 Å². The van der Waals surface area contributed by atoms with Crippen LogP contribution in [-0.2, 0) is 12.8 Å². The SMILES string of the molecule is CCc1cccc(CC)c1N/C(C)=C\C(=Nc1c(C(C)C)cccc1C(C)C)C(F)(F)F. The van der Waals surface area contributed by atoms with Crippen LogP contribution < -0.4 is 5.32 Å². The van der Waals surface area contributed by atoms with Crippen LogP contribution in [0.3, 0.4) is 0 Å². The molecule has 0 saturated heterocycles. The molecule has 5 heteroatoms. The van der Waals surface area contributed by atoms with E-state index in [-0.39, 0.29) is 11.8 Å². The molecule has 2 aromatic carbocycles. The number of anilines is 1. The van der Waals surface area contributed by atoms with Crippen LogP contribution in [0.2, 0.25) is 0 Å². The molecule has 0 aliphatic heterocycles. The van der Waals surface area contributed by atoms with Crippen molar-refractivity contribution in [2.24, 2.45) is 4.99 Å². The normalized spacial score (nSPS) is 13.2. The lowest BCUT2D eigenvalue weighted by Crippen LogP contribution is -2.22. The fraction of sp³-hybridized carbons (Fsp3) is 0.444. The van der Waals surface area contributed by atoms with Crippen molar-refractivity contribution in [2.45, 2.75) is 79.3 Å². The molecule has 0 heterocycles. The van der Waals surface area contributed by atoms with E-state index in [1.807, 2.05) is 77.9 Å². The smallest absolute Gasteiger partial charge is 0.359 e. The van der Waals surface area contributed by atoms with Crippen LogP contribution in [-0.4, -0.2) is 11.9 Å². The Hall–Kier alpha value is -2.56. The first-order valence-electron chi connectivity index (χ1n) is 11.3. The van der Waals surface area contributed by atoms with Crippen molar-refractivity contribution in [1.82, 2.24) is 0 Å². The Morgan fingerprint density at radius 2 is 1.38 bits per heavy atom. The zero-order chi connectivity index (χ0) is 24.1. The molecule has 0 atom stereocenters. The lowest BCUT2D eigenvalue weighted by Gasteiger charge is -2.19. The minimum Gasteiger partial charge on any atom is -0.359 e. The lowest BCUT2D eigenvalue weighted by atomic mass is 9.93. The van der Waals surface area contributed by atoms with Gasteiger partial charge in [0.1, 0.15) is 5.71 Å². The molecule has 0 aliphatic carbocycles. The van der Waals surface area contributed by atoms with E-state index in [2.05, 4.69) is 10.3 Å². The topological polar surface area (TPSA) is 24.4 Å². The minimum absolute atomic E-state index is 0.0636. The second-order valence-electron chi connectivity index (χ2n) is 8.70. The average Bonchev–Trinajstić information content (AvgIpc) is 2.72. The van der Waals surface area contributed by atoms with Gasteiger partial charge >= 0.3 is 6.18 Å². The zero-order valence-corrected chi connectivity index (χ0v) is 20.2. The number of nitrogens with zero attached hydrogens (tertiary/aromatic N) is 1. The predicted molar refractivity (Wildman–Crippen MR) is 130 cm³/mol. The van der Waals surface area contributed by atoms with E-state index in [0.29, 0.717) is 11.4 Å². The number of aliphatic imine (C=N–C) groups is 1. The Bertz CT molecular complexity index is 934. The number of para-hydroxylation sites is 2. The molecule has 0 aromatic heterocycles. The Morgan fingerprint density at radius 3 is 1.78 bits per heavy atom. The van der Waals surface area contributed by atoms with Crippen LogP contribution >= 0.6 is 0 Å². The zero-order valence-electron chi connectivity index (χ0n) is 20.2. The highest BCUT2D eigenvalue weighted by atomic mass is 19.4. The first kappa shape index (κ1) is 25.7. The van der Waals surface area contributed by atoms with Crippen molar-refractivity contribution < 1.29 is 13.2 Å². The maximum Gasteiger partial charge on any atom is 0.433 e. The van der Waals surface area contributed by atoms with Gasteiger partial charge in [-0.25, -0.2) is 4.99 Å². The first-order valence-corrected chi connectivity index (χ1v) is 11.3. The van der Waals surface area contributed by atoms with Crippen LogP contribution in [0.4, 0.5) is 24.5 Å². The van der Waals surface area contributed by atoms with E-state index in [4.69, 9.17) is 0 Å². The summed E-state index contributed by atoms with van der Waals surface area (Å²) in [6.07, 6.45) is -1.86. The van der Waals surface area contributed by atoms with Crippen LogP contribution in [0.5, 0.6) is 0 Å². The van der Waals surface area contributed by atoms with Crippen LogP contribution in [0.1, 0.15) is 82.6 Å². The summed E-state index contributed by atoms with van der Waals surface area (Å²) in [4.78, 5) is 4.21. The monoisotopic (exact) mass is 444 g/mol. The number of hydrogen-bond acceptors (Lipinski definition) is 2. The van der Waals surface area contributed by atoms with Gasteiger partial charge in [-0.2, -0.15) is 13.2 Å². The number of halogens is 3. The Labute approximate surface area is 190 Å². The molecule has 0 bridgehead atoms. The maximum absolute atomic E-state index is 14.1. The number of allylic oxidation sites excluding steroid dienone is 2. The summed E-state index contributed by atoms with van der Waals surface area (Å²) in [5.41, 5.74) is 4.62. The second-order valence-corrected chi connectivity index (χ2v) is 8.70. The van der Waals surface area contributed by atoms with Crippen molar-refractivity contribution in [2.75, 3.05) is 5.32 Å². The Morgan fingerprint density at radius 1 is 0.906 bits per heavy atom. The van der Waals surface area contributed by atoms with E-state index in [1.54, 1.807) is 6.92 Å². The van der Waals surface area contributed by atoms with E-state index in [0.717, 1.165) is 46.9 Å². The predicted octanol–water partition coefficient (Wildman–Crippen LogP) is 8.71. The maximum atomic E-state index is 14.1. The molecule has 32 heavy (non-hydrogen) atoms. The van der Waals surface area contributed by atoms with Crippen LogP contribution in [0.25, 0.3) is 0 Å². The third-order valence-corrected chi connectivity index (χ3v) is 5.54. The fourth-order valence-electron chi connectivity index (χ4n) is 3.78. The van der Waals surface area contributed by atoms with Gasteiger partial charge in [-0.3, -0.25) is 0 Å². The third-order valence-electron chi connectivity index (χ3n) is 5.54. The highest BCUT2D eigenvalue weighted by Crippen LogP contribution is 2.36. The van der Waals surface area contributed by atoms with Crippen molar-refractivity contribution in [3.8, 4) is 0 Å². The van der Waals surface area contributed by atoms with E-state index in [1.165, 1.54) is 0 Å². The number of rotatable bonds is 8. The molecular weight excluding hydrogens is 409 g/mol. The van der Waals surface area contributed by atoms with Gasteiger partial charge in [0.05, 0.1) is 5.69 Å². The summed E-state index contributed by atoms with van der Waals surface area (Å²) in [5, 5.41) is 3.22. The molecule has 2 rings (SSSR count). The summed E-state index contributed by atoms with van der Waals surface area (Å²) < 4.78 is 42.2. The second kappa shape index (κ2) is 10.8. The van der Waals surface area contributed by atoms with Crippen molar-refractivity contribution >= 4 is 17.1 Å². The molecule has 0 radical (unpaired) electrons. The highest BCUT2D eigenvalue weighted by Gasteiger charge is 2.35. The minimum atomic E-state index is -4.57. The molecule has 0 aliphatic rings. The molecule has 174 valence electrons. The number of aryl methyl sites for hydroxylation is 2. The van der Waals surface area contributed by atoms with Gasteiger partial charge in [-0.05, 0) is 59.9 Å². The molecular formula is C27H35F3N2. The van der Waals surface area contributed by atoms with Gasteiger partial charge in [0, 0.05) is 11.4 Å². The van der Waals surface area contributed by atoms with Gasteiger partial charge in [-0.15, -0.1) is 0 Å². The Kier molecular flexibility index (Phi) is 8.71. The summed E-state index contributed by atoms with van der Waals surface area (Å²) in [6, 6.07) is 11.6. The largest absolute Gasteiger partial charge is 0.433 e. The number of hydrogen-bond donors (Lipinski definition) is 1. The quantitative estimate of drug-likeness (QED) is 0.405. The van der Waals surface area contributed by atoms with E-state index >= 15 is 0 Å². The lowest BCUT2D eigenvalue weighted by molar-refractivity contribution is -0.0576. The molecule has 0 fully saturated rings. The summed E-state index contributed by atoms with van der Waals surface area (Å²) in [7, 11) is 0. The number of benzene rings is 2. The molecule has 0 spiro atoms. The Balaban J connectivity index is 2.61. The van der Waals surface area contributed by atoms with Crippen molar-refractivity contribution in [3.05, 3.63) is 70.4 Å². The van der Waals surface area contributed by atoms with Gasteiger partial charge in [-0.1, -0.05) is 77.9 Å². The molecule has 2 nitrogen and oxygen atoms in total. The molecule has 1 N–H and O–H groups in total. The van der Waals surface area contributed by atoms with Crippen molar-refractivity contribution in [1.29, 1.82) is 0 Å². The number of alkyl halides is 3. The molecule has 0 amide bonds. The summed E-state index contributed by atoms with van der Waals surface area (Å²) >= 11 is 0. The molecule has 2 aromatic rings. The van der Waals surface area contributed by atoms with Gasteiger partial charge in [0.2, 0.25) is 0 Å². The van der Waals surface area contributed by atoms with Crippen LogP contribution in [0, 0.1) is 0 Å². The third kappa shape index (κ3) is 6.24. The fourth-order valence-corrected chi connectivity index (χ4v) is 3.78. The van der Waals surface area contributed by atoms with Crippen LogP contribution in [0.15, 0.2) is 53.2 Å². The van der Waals surface area contributed by atoms with E-state index < -0.39 is 11.9 Å². The van der Waals surface area contributed by atoms with Gasteiger partial charge in [0.15, 0.2) is 0 Å². The summed E-state index contributed by atoms with van der Waals surface area (Å²) in [6.45, 7) is 13.6.